The van der Waals surface area contributed by atoms with E-state index in [9.17, 15) is 14.4 Å². The summed E-state index contributed by atoms with van der Waals surface area (Å²) in [6.07, 6.45) is 2.28. The summed E-state index contributed by atoms with van der Waals surface area (Å²) in [6.45, 7) is 5.67. The zero-order valence-corrected chi connectivity index (χ0v) is 16.7. The molecule has 2 aromatic heterocycles. The number of likely N-dealkylation sites (tertiary alicyclic amines) is 1. The van der Waals surface area contributed by atoms with E-state index in [0.29, 0.717) is 25.2 Å². The fourth-order valence-corrected chi connectivity index (χ4v) is 4.07. The van der Waals surface area contributed by atoms with Crippen LogP contribution in [-0.4, -0.2) is 50.5 Å². The fraction of sp³-hybridized carbons (Fsp3) is 0.429. The van der Waals surface area contributed by atoms with Crippen LogP contribution in [0.15, 0.2) is 35.1 Å². The minimum atomic E-state index is -0.492. The third-order valence-corrected chi connectivity index (χ3v) is 5.51. The zero-order valence-electron chi connectivity index (χ0n) is 16.7. The van der Waals surface area contributed by atoms with Crippen LogP contribution in [0, 0.1) is 6.92 Å². The third-order valence-electron chi connectivity index (χ3n) is 5.51. The van der Waals surface area contributed by atoms with Crippen LogP contribution in [0.2, 0.25) is 0 Å². The molecule has 1 aliphatic rings. The summed E-state index contributed by atoms with van der Waals surface area (Å²) in [7, 11) is 0. The number of aromatic nitrogens is 3. The Morgan fingerprint density at radius 2 is 2.07 bits per heavy atom. The van der Waals surface area contributed by atoms with Gasteiger partial charge >= 0.3 is 0 Å². The topological polar surface area (TPSA) is 88.7 Å². The average molecular weight is 395 g/mol. The van der Waals surface area contributed by atoms with Crippen molar-refractivity contribution in [2.45, 2.75) is 39.2 Å². The lowest BCUT2D eigenvalue weighted by Crippen LogP contribution is -2.35. The van der Waals surface area contributed by atoms with Gasteiger partial charge in [0, 0.05) is 43.2 Å². The molecule has 0 aliphatic carbocycles. The van der Waals surface area contributed by atoms with Crippen molar-refractivity contribution in [3.05, 3.63) is 46.4 Å². The first-order valence-corrected chi connectivity index (χ1v) is 10.0. The van der Waals surface area contributed by atoms with E-state index in [1.807, 2.05) is 52.2 Å². The number of carbonyl (C=O) groups excluding carboxylic acids is 2. The lowest BCUT2D eigenvalue weighted by atomic mass is 10.2. The standard InChI is InChI=1S/C21H25N5O3/c1-14-13-18(27)23-20-16-7-3-4-8-17(16)26(25(14)20)15(2)21(29)22-10-6-12-24-11-5-9-19(24)28/h3-4,7-8,13,15H,5-6,9-12H2,1-2H3,(H,22,29)/t15-/m1/s1. The van der Waals surface area contributed by atoms with Crippen molar-refractivity contribution in [2.24, 2.45) is 0 Å². The molecule has 1 atom stereocenters. The van der Waals surface area contributed by atoms with E-state index in [1.165, 1.54) is 6.07 Å². The molecule has 0 unspecified atom stereocenters. The van der Waals surface area contributed by atoms with E-state index in [2.05, 4.69) is 10.3 Å². The van der Waals surface area contributed by atoms with Gasteiger partial charge in [-0.15, -0.1) is 0 Å². The summed E-state index contributed by atoms with van der Waals surface area (Å²) in [5.74, 6) is 0.0885. The number of hydrogen-bond acceptors (Lipinski definition) is 4. The van der Waals surface area contributed by atoms with E-state index in [-0.39, 0.29) is 17.4 Å². The maximum absolute atomic E-state index is 12.9. The van der Waals surface area contributed by atoms with Gasteiger partial charge in [0.05, 0.1) is 5.52 Å². The molecule has 0 bridgehead atoms. The number of fused-ring (bicyclic) bond motifs is 3. The second kappa shape index (κ2) is 7.69. The van der Waals surface area contributed by atoms with Crippen molar-refractivity contribution >= 4 is 28.4 Å². The van der Waals surface area contributed by atoms with Crippen molar-refractivity contribution < 1.29 is 9.59 Å². The Morgan fingerprint density at radius 1 is 1.28 bits per heavy atom. The number of para-hydroxylation sites is 1. The summed E-state index contributed by atoms with van der Waals surface area (Å²) in [4.78, 5) is 42.5. The Kier molecular flexibility index (Phi) is 5.08. The maximum atomic E-state index is 12.9. The second-order valence-electron chi connectivity index (χ2n) is 7.54. The largest absolute Gasteiger partial charge is 0.354 e. The van der Waals surface area contributed by atoms with E-state index in [1.54, 1.807) is 0 Å². The van der Waals surface area contributed by atoms with Crippen LogP contribution in [0.25, 0.3) is 16.6 Å². The first kappa shape index (κ1) is 19.2. The molecule has 8 heteroatoms. The van der Waals surface area contributed by atoms with Gasteiger partial charge in [-0.25, -0.2) is 4.52 Å². The molecular formula is C21H25N5O3. The lowest BCUT2D eigenvalue weighted by Gasteiger charge is -2.19. The number of benzene rings is 1. The first-order valence-electron chi connectivity index (χ1n) is 10.0. The molecule has 29 heavy (non-hydrogen) atoms. The molecule has 1 fully saturated rings. The van der Waals surface area contributed by atoms with Crippen molar-refractivity contribution in [1.29, 1.82) is 0 Å². The SMILES string of the molecule is Cc1cc(=O)nc2c3ccccc3n([C@H](C)C(=O)NCCCN3CCCC3=O)n12. The van der Waals surface area contributed by atoms with Crippen LogP contribution in [0.4, 0.5) is 0 Å². The highest BCUT2D eigenvalue weighted by Gasteiger charge is 2.23. The minimum absolute atomic E-state index is 0.112. The number of nitrogens with one attached hydrogen (secondary N) is 1. The fourth-order valence-electron chi connectivity index (χ4n) is 4.07. The number of rotatable bonds is 6. The minimum Gasteiger partial charge on any atom is -0.354 e. The summed E-state index contributed by atoms with van der Waals surface area (Å²) >= 11 is 0. The molecule has 3 aromatic rings. The number of nitrogens with zero attached hydrogens (tertiary/aromatic N) is 4. The van der Waals surface area contributed by atoms with Gasteiger partial charge in [0.15, 0.2) is 5.65 Å². The van der Waals surface area contributed by atoms with E-state index >= 15 is 0 Å². The molecule has 8 nitrogen and oxygen atoms in total. The Bertz CT molecular complexity index is 1150. The van der Waals surface area contributed by atoms with Gasteiger partial charge in [-0.3, -0.25) is 19.1 Å². The molecule has 1 N–H and O–H groups in total. The van der Waals surface area contributed by atoms with Crippen molar-refractivity contribution in [3.8, 4) is 0 Å². The third kappa shape index (κ3) is 3.50. The highest BCUT2D eigenvalue weighted by molar-refractivity contribution is 5.94. The maximum Gasteiger partial charge on any atom is 0.273 e. The summed E-state index contributed by atoms with van der Waals surface area (Å²) in [5.41, 5.74) is 1.83. The van der Waals surface area contributed by atoms with E-state index < -0.39 is 6.04 Å². The average Bonchev–Trinajstić information content (AvgIpc) is 3.26. The van der Waals surface area contributed by atoms with Crippen LogP contribution < -0.4 is 10.9 Å². The summed E-state index contributed by atoms with van der Waals surface area (Å²) in [5, 5.41) is 3.81. The van der Waals surface area contributed by atoms with Crippen LogP contribution in [0.5, 0.6) is 0 Å². The number of aryl methyl sites for hydroxylation is 1. The van der Waals surface area contributed by atoms with Crippen molar-refractivity contribution in [3.63, 3.8) is 0 Å². The summed E-state index contributed by atoms with van der Waals surface area (Å²) in [6, 6.07) is 8.62. The predicted octanol–water partition coefficient (Wildman–Crippen LogP) is 1.65. The molecule has 4 rings (SSSR count). The van der Waals surface area contributed by atoms with Crippen molar-refractivity contribution in [2.75, 3.05) is 19.6 Å². The monoisotopic (exact) mass is 395 g/mol. The molecule has 1 aliphatic heterocycles. The molecular weight excluding hydrogens is 370 g/mol. The van der Waals surface area contributed by atoms with Gasteiger partial charge < -0.3 is 10.2 Å². The molecule has 3 heterocycles. The highest BCUT2D eigenvalue weighted by Crippen LogP contribution is 2.25. The Morgan fingerprint density at radius 3 is 2.83 bits per heavy atom. The van der Waals surface area contributed by atoms with Crippen LogP contribution in [-0.2, 0) is 9.59 Å². The number of amides is 2. The van der Waals surface area contributed by atoms with Gasteiger partial charge in [0.1, 0.15) is 6.04 Å². The van der Waals surface area contributed by atoms with Crippen LogP contribution >= 0.6 is 0 Å². The molecule has 0 saturated carbocycles. The first-order chi connectivity index (χ1) is 14.0. The Hall–Kier alpha value is -3.16. The zero-order chi connectivity index (χ0) is 20.5. The van der Waals surface area contributed by atoms with Gasteiger partial charge in [0.25, 0.3) is 5.56 Å². The smallest absolute Gasteiger partial charge is 0.273 e. The quantitative estimate of drug-likeness (QED) is 0.643. The van der Waals surface area contributed by atoms with E-state index in [4.69, 9.17) is 0 Å². The Labute approximate surface area is 168 Å². The molecule has 152 valence electrons. The molecule has 1 aromatic carbocycles. The van der Waals surface area contributed by atoms with Gasteiger partial charge in [-0.1, -0.05) is 12.1 Å². The molecule has 0 radical (unpaired) electrons. The number of carbonyl (C=O) groups is 2. The van der Waals surface area contributed by atoms with Gasteiger partial charge in [0.2, 0.25) is 11.8 Å². The molecule has 1 saturated heterocycles. The molecule has 0 spiro atoms. The summed E-state index contributed by atoms with van der Waals surface area (Å²) < 4.78 is 3.71. The van der Waals surface area contributed by atoms with Crippen LogP contribution in [0.1, 0.15) is 37.9 Å². The van der Waals surface area contributed by atoms with Crippen LogP contribution in [0.3, 0.4) is 0 Å². The highest BCUT2D eigenvalue weighted by atomic mass is 16.2. The van der Waals surface area contributed by atoms with E-state index in [0.717, 1.165) is 36.0 Å². The van der Waals surface area contributed by atoms with Gasteiger partial charge in [-0.2, -0.15) is 4.98 Å². The predicted molar refractivity (Wildman–Crippen MR) is 110 cm³/mol. The Balaban J connectivity index is 1.56. The van der Waals surface area contributed by atoms with Gasteiger partial charge in [-0.05, 0) is 38.8 Å². The van der Waals surface area contributed by atoms with Crippen molar-refractivity contribution in [1.82, 2.24) is 24.4 Å². The lowest BCUT2D eigenvalue weighted by molar-refractivity contribution is -0.127. The number of hydrogen-bond donors (Lipinski definition) is 1. The normalized spacial score (nSPS) is 15.4. The second-order valence-corrected chi connectivity index (χ2v) is 7.54. The molecule has 2 amide bonds.